The van der Waals surface area contributed by atoms with Gasteiger partial charge in [-0.15, -0.1) is 0 Å². The fraction of sp³-hybridized carbons (Fsp3) is 0.517. The van der Waals surface area contributed by atoms with Crippen molar-refractivity contribution in [2.45, 2.75) is 77.1 Å². The van der Waals surface area contributed by atoms with Gasteiger partial charge in [0.25, 0.3) is 0 Å². The molecule has 4 unspecified atom stereocenters. The molecule has 0 spiro atoms. The van der Waals surface area contributed by atoms with Crippen molar-refractivity contribution in [1.82, 2.24) is 4.90 Å². The molecule has 1 aliphatic carbocycles. The highest BCUT2D eigenvalue weighted by atomic mass is 19.4. The van der Waals surface area contributed by atoms with Crippen LogP contribution >= 0.6 is 0 Å². The molecule has 1 saturated heterocycles. The maximum Gasteiger partial charge on any atom is 0.416 e. The van der Waals surface area contributed by atoms with Gasteiger partial charge in [0.15, 0.2) is 0 Å². The topological polar surface area (TPSA) is 85.3 Å². The average Bonchev–Trinajstić information content (AvgIpc) is 3.21. The Morgan fingerprint density at radius 3 is 2.23 bits per heavy atom. The van der Waals surface area contributed by atoms with Crippen LogP contribution < -0.4 is 4.74 Å². The number of ether oxygens (including phenoxy) is 3. The van der Waals surface area contributed by atoms with Gasteiger partial charge < -0.3 is 19.3 Å². The third kappa shape index (κ3) is 6.00. The number of nitrogens with zero attached hydrogens (tertiary/aromatic N) is 1. The van der Waals surface area contributed by atoms with Gasteiger partial charge in [-0.2, -0.15) is 13.2 Å². The van der Waals surface area contributed by atoms with E-state index in [0.717, 1.165) is 31.4 Å². The largest absolute Gasteiger partial charge is 0.496 e. The molecule has 2 fully saturated rings. The van der Waals surface area contributed by atoms with Crippen molar-refractivity contribution in [2.75, 3.05) is 7.11 Å². The van der Waals surface area contributed by atoms with Crippen LogP contribution in [-0.4, -0.2) is 47.4 Å². The lowest BCUT2D eigenvalue weighted by molar-refractivity contribution is -0.145. The highest BCUT2D eigenvalue weighted by Gasteiger charge is 2.59. The number of likely N-dealkylation sites (tertiary alicyclic amines) is 1. The Hall–Kier alpha value is -3.27. The summed E-state index contributed by atoms with van der Waals surface area (Å²) in [7, 11) is 1.28. The number of benzene rings is 2. The number of rotatable bonds is 7. The fourth-order valence-electron chi connectivity index (χ4n) is 5.46. The maximum atomic E-state index is 13.5. The summed E-state index contributed by atoms with van der Waals surface area (Å²) in [6.45, 7) is 5.49. The Morgan fingerprint density at radius 1 is 1.05 bits per heavy atom. The fourth-order valence-corrected chi connectivity index (χ4v) is 5.46. The predicted octanol–water partition coefficient (Wildman–Crippen LogP) is 6.46. The average molecular weight is 550 g/mol. The smallest absolute Gasteiger partial charge is 0.416 e. The molecular formula is C29H34F3NO6. The number of carboxylic acid groups (broad SMARTS) is 1. The minimum absolute atomic E-state index is 0.00225. The number of hydrogen-bond acceptors (Lipinski definition) is 5. The van der Waals surface area contributed by atoms with Gasteiger partial charge in [-0.3, -0.25) is 4.90 Å². The first-order chi connectivity index (χ1) is 18.3. The first-order valence-corrected chi connectivity index (χ1v) is 13.0. The molecule has 1 N–H and O–H groups in total. The summed E-state index contributed by atoms with van der Waals surface area (Å²) < 4.78 is 57.1. The minimum Gasteiger partial charge on any atom is -0.496 e. The van der Waals surface area contributed by atoms with Crippen molar-refractivity contribution in [3.05, 3.63) is 65.2 Å². The molecule has 2 aromatic rings. The summed E-state index contributed by atoms with van der Waals surface area (Å²) in [4.78, 5) is 27.5. The summed E-state index contributed by atoms with van der Waals surface area (Å²) in [6, 6.07) is 10.1. The van der Waals surface area contributed by atoms with Crippen molar-refractivity contribution >= 4 is 12.1 Å². The maximum absolute atomic E-state index is 13.5. The summed E-state index contributed by atoms with van der Waals surface area (Å²) in [5, 5.41) is 10.4. The van der Waals surface area contributed by atoms with Crippen LogP contribution in [0.4, 0.5) is 18.0 Å². The third-order valence-corrected chi connectivity index (χ3v) is 7.57. The number of hydrogen-bond donors (Lipinski definition) is 1. The summed E-state index contributed by atoms with van der Waals surface area (Å²) in [5.41, 5.74) is -0.441. The quantitative estimate of drug-likeness (QED) is 0.427. The zero-order valence-corrected chi connectivity index (χ0v) is 22.4. The van der Waals surface area contributed by atoms with Gasteiger partial charge in [-0.1, -0.05) is 57.2 Å². The Kier molecular flexibility index (Phi) is 8.16. The molecule has 0 radical (unpaired) electrons. The van der Waals surface area contributed by atoms with Crippen LogP contribution in [0.25, 0.3) is 0 Å². The number of aliphatic carboxylic acids is 1. The van der Waals surface area contributed by atoms with Gasteiger partial charge in [-0.05, 0) is 42.4 Å². The summed E-state index contributed by atoms with van der Waals surface area (Å²) in [5.74, 6) is -1.85. The van der Waals surface area contributed by atoms with Gasteiger partial charge in [0.1, 0.15) is 17.9 Å². The van der Waals surface area contributed by atoms with E-state index in [2.05, 4.69) is 0 Å². The highest BCUT2D eigenvalue weighted by Crippen LogP contribution is 2.50. The number of alkyl halides is 3. The zero-order valence-electron chi connectivity index (χ0n) is 22.4. The van der Waals surface area contributed by atoms with Crippen molar-refractivity contribution in [3.63, 3.8) is 0 Å². The minimum atomic E-state index is -4.54. The van der Waals surface area contributed by atoms with Crippen LogP contribution in [0.3, 0.4) is 0 Å². The predicted molar refractivity (Wildman–Crippen MR) is 136 cm³/mol. The van der Waals surface area contributed by atoms with E-state index in [4.69, 9.17) is 14.2 Å². The van der Waals surface area contributed by atoms with Crippen molar-refractivity contribution in [2.24, 2.45) is 11.3 Å². The molecule has 1 amide bonds. The van der Waals surface area contributed by atoms with Gasteiger partial charge >= 0.3 is 18.2 Å². The Bertz CT molecular complexity index is 1180. The summed E-state index contributed by atoms with van der Waals surface area (Å²) in [6.07, 6.45) is -3.93. The number of methoxy groups -OCH3 is 1. The Balaban J connectivity index is 1.75. The molecule has 39 heavy (non-hydrogen) atoms. The lowest BCUT2D eigenvalue weighted by Crippen LogP contribution is -2.48. The monoisotopic (exact) mass is 549 g/mol. The molecule has 2 aromatic carbocycles. The lowest BCUT2D eigenvalue weighted by Gasteiger charge is -2.35. The van der Waals surface area contributed by atoms with Crippen LogP contribution in [0.5, 0.6) is 5.75 Å². The molecule has 1 saturated carbocycles. The van der Waals surface area contributed by atoms with Crippen molar-refractivity contribution < 1.29 is 42.1 Å². The third-order valence-electron chi connectivity index (χ3n) is 7.57. The highest BCUT2D eigenvalue weighted by molar-refractivity contribution is 5.82. The lowest BCUT2D eigenvalue weighted by atomic mass is 9.73. The van der Waals surface area contributed by atoms with Crippen LogP contribution in [-0.2, 0) is 27.1 Å². The van der Waals surface area contributed by atoms with E-state index in [9.17, 15) is 27.9 Å². The molecule has 4 rings (SSSR count). The second-order valence-corrected chi connectivity index (χ2v) is 11.2. The van der Waals surface area contributed by atoms with Crippen molar-refractivity contribution in [3.8, 4) is 5.75 Å². The van der Waals surface area contributed by atoms with E-state index >= 15 is 0 Å². The molecule has 1 heterocycles. The second-order valence-electron chi connectivity index (χ2n) is 11.2. The molecule has 212 valence electrons. The first-order valence-electron chi connectivity index (χ1n) is 13.0. The molecule has 2 aliphatic rings. The number of carbonyl (C=O) groups excluding carboxylic acids is 1. The van der Waals surface area contributed by atoms with Crippen LogP contribution in [0.1, 0.15) is 62.8 Å². The standard InChI is InChI=1S/C29H34F3NO6/c1-28(2,3)22-24(26(34)35)33(27(36)39-20-11-8-12-20)23(17-9-6-5-7-10-17)25(22)38-16-18-13-14-19(29(30,31)32)15-21(18)37-4/h5-7,9-10,13-15,20,22-25H,8,11-12,16H2,1-4H3,(H,34,35). The van der Waals surface area contributed by atoms with E-state index in [1.807, 2.05) is 26.8 Å². The molecule has 4 atom stereocenters. The van der Waals surface area contributed by atoms with E-state index in [1.165, 1.54) is 18.1 Å². The number of amides is 1. The van der Waals surface area contributed by atoms with Gasteiger partial charge in [0.05, 0.1) is 31.4 Å². The van der Waals surface area contributed by atoms with Crippen LogP contribution in [0, 0.1) is 11.3 Å². The Labute approximate surface area is 225 Å². The second kappa shape index (κ2) is 11.1. The van der Waals surface area contributed by atoms with E-state index in [1.54, 1.807) is 24.3 Å². The first kappa shape index (κ1) is 28.7. The van der Waals surface area contributed by atoms with E-state index < -0.39 is 53.3 Å². The number of carbonyl (C=O) groups is 2. The zero-order chi connectivity index (χ0) is 28.5. The van der Waals surface area contributed by atoms with E-state index in [0.29, 0.717) is 11.1 Å². The van der Waals surface area contributed by atoms with Crippen molar-refractivity contribution in [1.29, 1.82) is 0 Å². The van der Waals surface area contributed by atoms with Gasteiger partial charge in [0.2, 0.25) is 0 Å². The molecule has 10 heteroatoms. The Morgan fingerprint density at radius 2 is 1.72 bits per heavy atom. The number of halogens is 3. The van der Waals surface area contributed by atoms with Gasteiger partial charge in [0, 0.05) is 11.5 Å². The summed E-state index contributed by atoms with van der Waals surface area (Å²) >= 11 is 0. The van der Waals surface area contributed by atoms with Crippen LogP contribution in [0.15, 0.2) is 48.5 Å². The normalized spacial score (nSPS) is 23.8. The molecule has 7 nitrogen and oxygen atoms in total. The SMILES string of the molecule is COc1cc(C(F)(F)F)ccc1COC1C(c2ccccc2)N(C(=O)OC2CCC2)C(C(=O)O)C1C(C)(C)C. The molecular weight excluding hydrogens is 515 g/mol. The molecule has 0 bridgehead atoms. The van der Waals surface area contributed by atoms with E-state index in [-0.39, 0.29) is 18.5 Å². The number of carboxylic acids is 1. The van der Waals surface area contributed by atoms with Gasteiger partial charge in [-0.25, -0.2) is 9.59 Å². The van der Waals surface area contributed by atoms with Crippen LogP contribution in [0.2, 0.25) is 0 Å². The molecule has 0 aromatic heterocycles. The molecule has 1 aliphatic heterocycles.